The number of carbonyl (C=O) groups is 2. The summed E-state index contributed by atoms with van der Waals surface area (Å²) in [6, 6.07) is 9.20. The monoisotopic (exact) mass is 426 g/mol. The molecule has 2 unspecified atom stereocenters. The minimum Gasteiger partial charge on any atom is -0.480 e. The molecule has 1 aromatic carbocycles. The summed E-state index contributed by atoms with van der Waals surface area (Å²) in [4.78, 5) is 34.5. The minimum atomic E-state index is -1.01. The van der Waals surface area contributed by atoms with Crippen LogP contribution in [0.25, 0.3) is 21.3 Å². The predicted molar refractivity (Wildman–Crippen MR) is 120 cm³/mol. The number of fused-ring (bicyclic) bond motifs is 1. The average Bonchev–Trinajstić information content (AvgIpc) is 3.08. The van der Waals surface area contributed by atoms with Crippen LogP contribution in [0.5, 0.6) is 0 Å². The number of amides is 1. The molecule has 3 N–H and O–H groups in total. The van der Waals surface area contributed by atoms with Gasteiger partial charge in [0.1, 0.15) is 23.0 Å². The zero-order valence-corrected chi connectivity index (χ0v) is 18.1. The summed E-state index contributed by atoms with van der Waals surface area (Å²) in [7, 11) is 0. The molecule has 0 bridgehead atoms. The number of aryl methyl sites for hydroxylation is 1. The molecule has 1 amide bonds. The molecule has 3 rings (SSSR count). The standard InChI is InChI=1S/C22H26N4O3S/c1-4-13(2)19(22(28)29)26-16(27)10-11-23-20-18-17(15-8-6-5-7-9-15)14(3)30-21(18)25-12-24-20/h5-9,12-13,19H,4,10-11H2,1-3H3,(H,26,27)(H,28,29)(H,23,24,25). The summed E-state index contributed by atoms with van der Waals surface area (Å²) in [5.41, 5.74) is 2.18. The zero-order valence-electron chi connectivity index (χ0n) is 17.3. The van der Waals surface area contributed by atoms with Gasteiger partial charge in [-0.2, -0.15) is 0 Å². The van der Waals surface area contributed by atoms with Gasteiger partial charge in [0.15, 0.2) is 0 Å². The van der Waals surface area contributed by atoms with E-state index in [1.807, 2.05) is 32.0 Å². The van der Waals surface area contributed by atoms with E-state index in [0.717, 1.165) is 26.2 Å². The maximum absolute atomic E-state index is 12.3. The normalized spacial score (nSPS) is 13.0. The summed E-state index contributed by atoms with van der Waals surface area (Å²) < 4.78 is 0. The van der Waals surface area contributed by atoms with Crippen molar-refractivity contribution in [1.82, 2.24) is 15.3 Å². The molecule has 2 heterocycles. The van der Waals surface area contributed by atoms with E-state index in [0.29, 0.717) is 18.8 Å². The van der Waals surface area contributed by atoms with Crippen molar-refractivity contribution in [2.24, 2.45) is 5.92 Å². The smallest absolute Gasteiger partial charge is 0.326 e. The zero-order chi connectivity index (χ0) is 21.7. The van der Waals surface area contributed by atoms with Gasteiger partial charge in [0.2, 0.25) is 5.91 Å². The highest BCUT2D eigenvalue weighted by atomic mass is 32.1. The highest BCUT2D eigenvalue weighted by molar-refractivity contribution is 7.19. The Balaban J connectivity index is 1.74. The highest BCUT2D eigenvalue weighted by Gasteiger charge is 2.25. The molecular weight excluding hydrogens is 400 g/mol. The first-order valence-corrected chi connectivity index (χ1v) is 10.8. The number of nitrogens with zero attached hydrogens (tertiary/aromatic N) is 2. The molecule has 0 radical (unpaired) electrons. The number of aliphatic carboxylic acids is 1. The number of carbonyl (C=O) groups excluding carboxylic acids is 1. The van der Waals surface area contributed by atoms with Gasteiger partial charge in [0.25, 0.3) is 0 Å². The molecule has 2 atom stereocenters. The lowest BCUT2D eigenvalue weighted by molar-refractivity contribution is -0.143. The Morgan fingerprint density at radius 3 is 2.60 bits per heavy atom. The van der Waals surface area contributed by atoms with Crippen molar-refractivity contribution in [3.05, 3.63) is 41.5 Å². The molecule has 158 valence electrons. The summed E-state index contributed by atoms with van der Waals surface area (Å²) in [6.45, 7) is 6.13. The second-order valence-corrected chi connectivity index (χ2v) is 8.45. The fourth-order valence-corrected chi connectivity index (χ4v) is 4.37. The Bertz CT molecular complexity index is 1040. The van der Waals surface area contributed by atoms with Crippen LogP contribution >= 0.6 is 11.3 Å². The van der Waals surface area contributed by atoms with Gasteiger partial charge < -0.3 is 15.7 Å². The number of carboxylic acid groups (broad SMARTS) is 1. The second kappa shape index (κ2) is 9.67. The third-order valence-electron chi connectivity index (χ3n) is 5.17. The molecule has 2 aromatic heterocycles. The van der Waals surface area contributed by atoms with Crippen molar-refractivity contribution >= 4 is 39.2 Å². The summed E-state index contributed by atoms with van der Waals surface area (Å²) in [6.07, 6.45) is 2.34. The Labute approximate surface area is 179 Å². The third-order valence-corrected chi connectivity index (χ3v) is 6.18. The van der Waals surface area contributed by atoms with Crippen LogP contribution in [0, 0.1) is 12.8 Å². The van der Waals surface area contributed by atoms with Gasteiger partial charge >= 0.3 is 5.97 Å². The van der Waals surface area contributed by atoms with Gasteiger partial charge in [-0.15, -0.1) is 11.3 Å². The van der Waals surface area contributed by atoms with Crippen LogP contribution in [0.1, 0.15) is 31.6 Å². The molecule has 0 aliphatic carbocycles. The summed E-state index contributed by atoms with van der Waals surface area (Å²) >= 11 is 1.61. The topological polar surface area (TPSA) is 104 Å². The number of rotatable bonds is 9. The van der Waals surface area contributed by atoms with Crippen LogP contribution in [-0.2, 0) is 9.59 Å². The molecule has 0 aliphatic rings. The van der Waals surface area contributed by atoms with Crippen LogP contribution in [0.4, 0.5) is 5.82 Å². The maximum atomic E-state index is 12.3. The first-order valence-electron chi connectivity index (χ1n) is 9.97. The average molecular weight is 427 g/mol. The first-order chi connectivity index (χ1) is 14.4. The van der Waals surface area contributed by atoms with Gasteiger partial charge in [0, 0.05) is 23.4 Å². The van der Waals surface area contributed by atoms with Gasteiger partial charge in [-0.25, -0.2) is 14.8 Å². The Morgan fingerprint density at radius 2 is 1.93 bits per heavy atom. The van der Waals surface area contributed by atoms with Crippen molar-refractivity contribution in [2.45, 2.75) is 39.7 Å². The third kappa shape index (κ3) is 4.76. The number of hydrogen-bond donors (Lipinski definition) is 3. The molecular formula is C22H26N4O3S. The van der Waals surface area contributed by atoms with Crippen molar-refractivity contribution in [1.29, 1.82) is 0 Å². The lowest BCUT2D eigenvalue weighted by Crippen LogP contribution is -2.45. The predicted octanol–water partition coefficient (Wildman–Crippen LogP) is 4.08. The lowest BCUT2D eigenvalue weighted by atomic mass is 9.99. The molecule has 0 fully saturated rings. The van der Waals surface area contributed by atoms with E-state index < -0.39 is 12.0 Å². The largest absolute Gasteiger partial charge is 0.480 e. The number of carboxylic acids is 1. The highest BCUT2D eigenvalue weighted by Crippen LogP contribution is 2.40. The van der Waals surface area contributed by atoms with Gasteiger partial charge in [0.05, 0.1) is 5.39 Å². The molecule has 0 spiro atoms. The maximum Gasteiger partial charge on any atom is 0.326 e. The molecule has 8 heteroatoms. The van der Waals surface area contributed by atoms with Crippen LogP contribution in [0.15, 0.2) is 36.7 Å². The van der Waals surface area contributed by atoms with E-state index in [1.54, 1.807) is 11.3 Å². The first kappa shape index (κ1) is 21.7. The molecule has 7 nitrogen and oxygen atoms in total. The van der Waals surface area contributed by atoms with Gasteiger partial charge in [-0.05, 0) is 18.4 Å². The van der Waals surface area contributed by atoms with Crippen LogP contribution in [0.3, 0.4) is 0 Å². The van der Waals surface area contributed by atoms with Gasteiger partial charge in [-0.3, -0.25) is 4.79 Å². The molecule has 0 saturated heterocycles. The Morgan fingerprint density at radius 1 is 1.20 bits per heavy atom. The van der Waals surface area contributed by atoms with E-state index in [2.05, 4.69) is 39.7 Å². The van der Waals surface area contributed by atoms with E-state index in [9.17, 15) is 14.7 Å². The van der Waals surface area contributed by atoms with Crippen LogP contribution in [0.2, 0.25) is 0 Å². The number of anilines is 1. The Hall–Kier alpha value is -3.00. The van der Waals surface area contributed by atoms with Crippen molar-refractivity contribution in [2.75, 3.05) is 11.9 Å². The van der Waals surface area contributed by atoms with Crippen LogP contribution < -0.4 is 10.6 Å². The van der Waals surface area contributed by atoms with E-state index in [1.165, 1.54) is 6.33 Å². The number of aromatic nitrogens is 2. The van der Waals surface area contributed by atoms with Gasteiger partial charge in [-0.1, -0.05) is 50.6 Å². The number of nitrogens with one attached hydrogen (secondary N) is 2. The molecule has 30 heavy (non-hydrogen) atoms. The van der Waals surface area contributed by atoms with Crippen molar-refractivity contribution in [3.63, 3.8) is 0 Å². The minimum absolute atomic E-state index is 0.136. The quantitative estimate of drug-likeness (QED) is 0.476. The second-order valence-electron chi connectivity index (χ2n) is 7.25. The number of hydrogen-bond acceptors (Lipinski definition) is 6. The summed E-state index contributed by atoms with van der Waals surface area (Å²) in [5, 5.41) is 16.1. The Kier molecular flexibility index (Phi) is 6.99. The van der Waals surface area contributed by atoms with Crippen molar-refractivity contribution in [3.8, 4) is 11.1 Å². The molecule has 0 aliphatic heterocycles. The van der Waals surface area contributed by atoms with E-state index in [4.69, 9.17) is 0 Å². The van der Waals surface area contributed by atoms with E-state index in [-0.39, 0.29) is 18.2 Å². The SMILES string of the molecule is CCC(C)C(NC(=O)CCNc1ncnc2sc(C)c(-c3ccccc3)c12)C(=O)O. The van der Waals surface area contributed by atoms with Crippen molar-refractivity contribution < 1.29 is 14.7 Å². The summed E-state index contributed by atoms with van der Waals surface area (Å²) in [5.74, 6) is -0.773. The number of thiophene rings is 1. The fourth-order valence-electron chi connectivity index (χ4n) is 3.35. The van der Waals surface area contributed by atoms with E-state index >= 15 is 0 Å². The number of benzene rings is 1. The van der Waals surface area contributed by atoms with Crippen LogP contribution in [-0.4, -0.2) is 39.5 Å². The molecule has 3 aromatic rings. The fraction of sp³-hybridized carbons (Fsp3) is 0.364. The molecule has 0 saturated carbocycles. The lowest BCUT2D eigenvalue weighted by Gasteiger charge is -2.20.